The number of hydrogen-bond acceptors (Lipinski definition) is 5. The van der Waals surface area contributed by atoms with Gasteiger partial charge in [0.2, 0.25) is 0 Å². The molecule has 130 valence electrons. The summed E-state index contributed by atoms with van der Waals surface area (Å²) in [6.07, 6.45) is 5.97. The van der Waals surface area contributed by atoms with E-state index in [1.807, 2.05) is 30.3 Å². The van der Waals surface area contributed by atoms with Crippen LogP contribution in [-0.2, 0) is 16.2 Å². The van der Waals surface area contributed by atoms with Crippen molar-refractivity contribution in [3.63, 3.8) is 0 Å². The number of oxime groups is 1. The molecule has 0 bridgehead atoms. The third kappa shape index (κ3) is 5.12. The molecule has 0 spiro atoms. The van der Waals surface area contributed by atoms with Crippen LogP contribution in [-0.4, -0.2) is 26.4 Å². The van der Waals surface area contributed by atoms with E-state index in [1.54, 1.807) is 41.4 Å². The first-order valence-corrected chi connectivity index (χ1v) is 8.18. The molecule has 0 aliphatic carbocycles. The van der Waals surface area contributed by atoms with Crippen molar-refractivity contribution < 1.29 is 9.63 Å². The summed E-state index contributed by atoms with van der Waals surface area (Å²) in [5.41, 5.74) is 2.19. The van der Waals surface area contributed by atoms with Gasteiger partial charge >= 0.3 is 5.97 Å². The Bertz CT molecular complexity index is 904. The molecule has 0 aliphatic heterocycles. The van der Waals surface area contributed by atoms with Gasteiger partial charge in [-0.2, -0.15) is 5.10 Å². The Morgan fingerprint density at radius 2 is 1.92 bits per heavy atom. The van der Waals surface area contributed by atoms with E-state index in [4.69, 9.17) is 16.4 Å². The summed E-state index contributed by atoms with van der Waals surface area (Å²) in [6, 6.07) is 16.5. The number of hydrogen-bond donors (Lipinski definition) is 0. The maximum absolute atomic E-state index is 11.9. The first kappa shape index (κ1) is 17.6. The predicted octanol–water partition coefficient (Wildman–Crippen LogP) is 3.59. The van der Waals surface area contributed by atoms with Gasteiger partial charge in [0.1, 0.15) is 18.4 Å². The van der Waals surface area contributed by atoms with Crippen molar-refractivity contribution in [1.82, 2.24) is 14.8 Å². The molecule has 6 nitrogen and oxygen atoms in total. The number of benzene rings is 2. The minimum Gasteiger partial charge on any atom is -0.313 e. The highest BCUT2D eigenvalue weighted by Crippen LogP contribution is 2.12. The van der Waals surface area contributed by atoms with Gasteiger partial charge in [-0.3, -0.25) is 0 Å². The monoisotopic (exact) mass is 366 g/mol. The van der Waals surface area contributed by atoms with Crippen LogP contribution in [0, 0.1) is 0 Å². The van der Waals surface area contributed by atoms with Crippen LogP contribution in [0.3, 0.4) is 0 Å². The van der Waals surface area contributed by atoms with E-state index in [0.29, 0.717) is 17.3 Å². The molecule has 0 atom stereocenters. The Balaban J connectivity index is 1.74. The Hall–Kier alpha value is -3.25. The van der Waals surface area contributed by atoms with Crippen molar-refractivity contribution in [3.8, 4) is 0 Å². The molecule has 26 heavy (non-hydrogen) atoms. The van der Waals surface area contributed by atoms with Crippen LogP contribution in [0.25, 0.3) is 6.08 Å². The molecule has 1 heterocycles. The lowest BCUT2D eigenvalue weighted by Gasteiger charge is -2.06. The molecule has 0 unspecified atom stereocenters. The summed E-state index contributed by atoms with van der Waals surface area (Å²) in [4.78, 5) is 20.9. The molecule has 0 fully saturated rings. The van der Waals surface area contributed by atoms with Crippen molar-refractivity contribution in [2.24, 2.45) is 5.16 Å². The number of nitrogens with zero attached hydrogens (tertiary/aromatic N) is 4. The fourth-order valence-corrected chi connectivity index (χ4v) is 2.27. The normalized spacial score (nSPS) is 11.7. The van der Waals surface area contributed by atoms with Crippen LogP contribution in [0.1, 0.15) is 11.1 Å². The second-order valence-corrected chi connectivity index (χ2v) is 5.73. The molecule has 3 aromatic rings. The second kappa shape index (κ2) is 8.73. The molecule has 0 amide bonds. The lowest BCUT2D eigenvalue weighted by atomic mass is 10.1. The number of rotatable bonds is 6. The highest BCUT2D eigenvalue weighted by molar-refractivity contribution is 6.30. The van der Waals surface area contributed by atoms with Gasteiger partial charge in [-0.1, -0.05) is 59.2 Å². The molecule has 2 aromatic carbocycles. The standard InChI is InChI=1S/C19H15ClN4O2/c20-17-9-7-16(8-10-17)18(12-24-14-21-13-22-24)23-26-19(25)11-6-15-4-2-1-3-5-15/h1-11,13-14H,12H2. The first-order valence-electron chi connectivity index (χ1n) is 7.80. The summed E-state index contributed by atoms with van der Waals surface area (Å²) in [7, 11) is 0. The molecule has 0 saturated heterocycles. The lowest BCUT2D eigenvalue weighted by Crippen LogP contribution is -2.13. The Kier molecular flexibility index (Phi) is 5.90. The minimum atomic E-state index is -0.570. The first-order chi connectivity index (χ1) is 12.7. The highest BCUT2D eigenvalue weighted by Gasteiger charge is 2.08. The van der Waals surface area contributed by atoms with E-state index < -0.39 is 5.97 Å². The fourth-order valence-electron chi connectivity index (χ4n) is 2.14. The van der Waals surface area contributed by atoms with Crippen LogP contribution in [0.15, 0.2) is 78.5 Å². The van der Waals surface area contributed by atoms with Gasteiger partial charge in [0.25, 0.3) is 0 Å². The van der Waals surface area contributed by atoms with Gasteiger partial charge in [0, 0.05) is 16.7 Å². The molecule has 0 aliphatic rings. The number of carbonyl (C=O) groups excluding carboxylic acids is 1. The minimum absolute atomic E-state index is 0.303. The van der Waals surface area contributed by atoms with E-state index in [9.17, 15) is 4.79 Å². The molecule has 0 N–H and O–H groups in total. The molecule has 0 radical (unpaired) electrons. The average Bonchev–Trinajstić information content (AvgIpc) is 3.18. The summed E-state index contributed by atoms with van der Waals surface area (Å²) in [5.74, 6) is -0.570. The van der Waals surface area contributed by atoms with Crippen molar-refractivity contribution in [2.45, 2.75) is 6.54 Å². The van der Waals surface area contributed by atoms with Crippen LogP contribution in [0.2, 0.25) is 5.02 Å². The van der Waals surface area contributed by atoms with Gasteiger partial charge in [0.05, 0.1) is 6.54 Å². The SMILES string of the molecule is O=C(C=Cc1ccccc1)ON=C(Cn1cncn1)c1ccc(Cl)cc1. The molecule has 0 saturated carbocycles. The van der Waals surface area contributed by atoms with Crippen LogP contribution < -0.4 is 0 Å². The summed E-state index contributed by atoms with van der Waals surface area (Å²) in [5, 5.41) is 8.65. The third-order valence-electron chi connectivity index (χ3n) is 3.41. The van der Waals surface area contributed by atoms with Crippen LogP contribution in [0.5, 0.6) is 0 Å². The van der Waals surface area contributed by atoms with E-state index in [2.05, 4.69) is 15.2 Å². The van der Waals surface area contributed by atoms with Crippen LogP contribution >= 0.6 is 11.6 Å². The molecular formula is C19H15ClN4O2. The maximum atomic E-state index is 11.9. The Morgan fingerprint density at radius 1 is 1.15 bits per heavy atom. The van der Waals surface area contributed by atoms with E-state index in [0.717, 1.165) is 11.1 Å². The Labute approximate surface area is 155 Å². The quantitative estimate of drug-likeness (QED) is 0.289. The smallest absolute Gasteiger partial charge is 0.313 e. The molecular weight excluding hydrogens is 352 g/mol. The maximum Gasteiger partial charge on any atom is 0.358 e. The number of halogens is 1. The molecule has 1 aromatic heterocycles. The summed E-state index contributed by atoms with van der Waals surface area (Å²) < 4.78 is 1.58. The van der Waals surface area contributed by atoms with Gasteiger partial charge in [-0.05, 0) is 23.8 Å². The van der Waals surface area contributed by atoms with E-state index in [1.165, 1.54) is 12.4 Å². The Morgan fingerprint density at radius 3 is 2.62 bits per heavy atom. The van der Waals surface area contributed by atoms with Crippen molar-refractivity contribution in [3.05, 3.63) is 89.5 Å². The van der Waals surface area contributed by atoms with Crippen molar-refractivity contribution in [2.75, 3.05) is 0 Å². The summed E-state index contributed by atoms with van der Waals surface area (Å²) in [6.45, 7) is 0.303. The van der Waals surface area contributed by atoms with Gasteiger partial charge < -0.3 is 4.84 Å². The van der Waals surface area contributed by atoms with Crippen molar-refractivity contribution in [1.29, 1.82) is 0 Å². The van der Waals surface area contributed by atoms with Gasteiger partial charge in [-0.15, -0.1) is 0 Å². The van der Waals surface area contributed by atoms with Gasteiger partial charge in [0.15, 0.2) is 0 Å². The number of aromatic nitrogens is 3. The number of carbonyl (C=O) groups is 1. The second-order valence-electron chi connectivity index (χ2n) is 5.29. The zero-order chi connectivity index (χ0) is 18.2. The molecule has 7 heteroatoms. The largest absolute Gasteiger partial charge is 0.358 e. The van der Waals surface area contributed by atoms with Crippen LogP contribution in [0.4, 0.5) is 0 Å². The zero-order valence-corrected chi connectivity index (χ0v) is 14.5. The van der Waals surface area contributed by atoms with E-state index in [-0.39, 0.29) is 0 Å². The summed E-state index contributed by atoms with van der Waals surface area (Å²) >= 11 is 5.92. The topological polar surface area (TPSA) is 69.4 Å². The average molecular weight is 367 g/mol. The predicted molar refractivity (Wildman–Crippen MR) is 99.6 cm³/mol. The fraction of sp³-hybridized carbons (Fsp3) is 0.0526. The zero-order valence-electron chi connectivity index (χ0n) is 13.7. The van der Waals surface area contributed by atoms with Crippen molar-refractivity contribution >= 4 is 29.4 Å². The van der Waals surface area contributed by atoms with Gasteiger partial charge in [-0.25, -0.2) is 14.5 Å². The lowest BCUT2D eigenvalue weighted by molar-refractivity contribution is -0.137. The molecule has 3 rings (SSSR count). The highest BCUT2D eigenvalue weighted by atomic mass is 35.5. The van der Waals surface area contributed by atoms with E-state index >= 15 is 0 Å². The third-order valence-corrected chi connectivity index (χ3v) is 3.67.